The first-order chi connectivity index (χ1) is 8.98. The van der Waals surface area contributed by atoms with Crippen LogP contribution in [0.2, 0.25) is 0 Å². The Hall–Kier alpha value is -2.11. The zero-order valence-corrected chi connectivity index (χ0v) is 10.2. The van der Waals surface area contributed by atoms with Crippen molar-refractivity contribution in [2.75, 3.05) is 11.9 Å². The predicted octanol–water partition coefficient (Wildman–Crippen LogP) is 3.13. The Morgan fingerprint density at radius 2 is 1.79 bits per heavy atom. The maximum absolute atomic E-state index is 12.9. The van der Waals surface area contributed by atoms with Gasteiger partial charge in [-0.25, -0.2) is 4.98 Å². The minimum Gasteiger partial charge on any atom is -0.355 e. The van der Waals surface area contributed by atoms with Crippen LogP contribution >= 0.6 is 0 Å². The number of rotatable bonds is 3. The summed E-state index contributed by atoms with van der Waals surface area (Å²) in [6, 6.07) is 5.83. The maximum Gasteiger partial charge on any atom is 0.419 e. The molecule has 19 heavy (non-hydrogen) atoms. The number of pyridine rings is 2. The van der Waals surface area contributed by atoms with E-state index in [9.17, 15) is 13.2 Å². The third-order valence-electron chi connectivity index (χ3n) is 2.62. The van der Waals surface area contributed by atoms with Crippen LogP contribution in [-0.4, -0.2) is 17.0 Å². The van der Waals surface area contributed by atoms with E-state index in [4.69, 9.17) is 0 Å². The van der Waals surface area contributed by atoms with Gasteiger partial charge >= 0.3 is 6.18 Å². The first-order valence-electron chi connectivity index (χ1n) is 5.61. The normalized spacial score (nSPS) is 11.4. The Kier molecular flexibility index (Phi) is 3.69. The molecule has 0 atom stereocenters. The lowest BCUT2D eigenvalue weighted by Crippen LogP contribution is -2.22. The number of aromatic nitrogens is 2. The van der Waals surface area contributed by atoms with Gasteiger partial charge < -0.3 is 4.90 Å². The van der Waals surface area contributed by atoms with Crippen LogP contribution in [0, 0.1) is 0 Å². The van der Waals surface area contributed by atoms with E-state index in [0.717, 1.165) is 11.6 Å². The molecule has 0 aliphatic carbocycles. The molecule has 2 heterocycles. The van der Waals surface area contributed by atoms with Crippen LogP contribution < -0.4 is 4.90 Å². The van der Waals surface area contributed by atoms with E-state index in [1.54, 1.807) is 31.6 Å². The minimum absolute atomic E-state index is 0.0770. The smallest absolute Gasteiger partial charge is 0.355 e. The molecular weight excluding hydrogens is 255 g/mol. The molecule has 6 heteroatoms. The molecule has 0 N–H and O–H groups in total. The Morgan fingerprint density at radius 1 is 1.11 bits per heavy atom. The lowest BCUT2D eigenvalue weighted by atomic mass is 10.2. The number of hydrogen-bond donors (Lipinski definition) is 0. The number of halogens is 3. The molecule has 0 amide bonds. The summed E-state index contributed by atoms with van der Waals surface area (Å²) in [7, 11) is 1.58. The molecule has 0 bridgehead atoms. The molecule has 0 radical (unpaired) electrons. The number of hydrogen-bond acceptors (Lipinski definition) is 3. The van der Waals surface area contributed by atoms with Gasteiger partial charge in [-0.3, -0.25) is 4.98 Å². The molecule has 2 aromatic heterocycles. The highest BCUT2D eigenvalue weighted by Gasteiger charge is 2.35. The molecule has 0 aliphatic heterocycles. The highest BCUT2D eigenvalue weighted by atomic mass is 19.4. The fourth-order valence-electron chi connectivity index (χ4n) is 1.76. The molecule has 100 valence electrons. The second-order valence-electron chi connectivity index (χ2n) is 4.08. The van der Waals surface area contributed by atoms with E-state index < -0.39 is 11.7 Å². The summed E-state index contributed by atoms with van der Waals surface area (Å²) in [5, 5.41) is 0. The summed E-state index contributed by atoms with van der Waals surface area (Å²) in [6.45, 7) is 0.336. The van der Waals surface area contributed by atoms with Gasteiger partial charge in [0.05, 0.1) is 5.56 Å². The van der Waals surface area contributed by atoms with E-state index in [0.29, 0.717) is 6.54 Å². The van der Waals surface area contributed by atoms with E-state index >= 15 is 0 Å². The molecule has 0 saturated carbocycles. The van der Waals surface area contributed by atoms with Crippen molar-refractivity contribution >= 4 is 5.82 Å². The molecule has 2 rings (SSSR count). The molecule has 3 nitrogen and oxygen atoms in total. The second-order valence-corrected chi connectivity index (χ2v) is 4.08. The fraction of sp³-hybridized carbons (Fsp3) is 0.231. The van der Waals surface area contributed by atoms with Crippen molar-refractivity contribution in [2.24, 2.45) is 0 Å². The quantitative estimate of drug-likeness (QED) is 0.855. The van der Waals surface area contributed by atoms with E-state index in [2.05, 4.69) is 9.97 Å². The van der Waals surface area contributed by atoms with Crippen LogP contribution in [0.1, 0.15) is 11.1 Å². The van der Waals surface area contributed by atoms with Gasteiger partial charge in [-0.05, 0) is 29.8 Å². The van der Waals surface area contributed by atoms with Crippen molar-refractivity contribution in [3.8, 4) is 0 Å². The summed E-state index contributed by atoms with van der Waals surface area (Å²) in [4.78, 5) is 9.17. The number of nitrogens with zero attached hydrogens (tertiary/aromatic N) is 3. The minimum atomic E-state index is -4.41. The average Bonchev–Trinajstić information content (AvgIpc) is 2.39. The molecular formula is C13H12F3N3. The van der Waals surface area contributed by atoms with Gasteiger partial charge in [0.25, 0.3) is 0 Å². The summed E-state index contributed by atoms with van der Waals surface area (Å²) in [6.07, 6.45) is 0.155. The van der Waals surface area contributed by atoms with E-state index in [1.165, 1.54) is 17.2 Å². The number of anilines is 1. The molecule has 2 aromatic rings. The Balaban J connectivity index is 2.27. The maximum atomic E-state index is 12.9. The topological polar surface area (TPSA) is 29.0 Å². The van der Waals surface area contributed by atoms with Crippen LogP contribution in [0.15, 0.2) is 42.9 Å². The van der Waals surface area contributed by atoms with Gasteiger partial charge in [0.2, 0.25) is 0 Å². The largest absolute Gasteiger partial charge is 0.419 e. The van der Waals surface area contributed by atoms with Crippen molar-refractivity contribution in [2.45, 2.75) is 12.7 Å². The summed E-state index contributed by atoms with van der Waals surface area (Å²) in [5.74, 6) is -0.0770. The molecule has 0 spiro atoms. The first kappa shape index (κ1) is 13.3. The van der Waals surface area contributed by atoms with Crippen LogP contribution in [-0.2, 0) is 12.7 Å². The zero-order valence-electron chi connectivity index (χ0n) is 10.2. The van der Waals surface area contributed by atoms with Gasteiger partial charge in [0.1, 0.15) is 5.82 Å². The summed E-state index contributed by atoms with van der Waals surface area (Å²) < 4.78 is 38.6. The van der Waals surface area contributed by atoms with Crippen LogP contribution in [0.5, 0.6) is 0 Å². The van der Waals surface area contributed by atoms with Crippen LogP contribution in [0.25, 0.3) is 0 Å². The van der Waals surface area contributed by atoms with E-state index in [1.807, 2.05) is 0 Å². The standard InChI is InChI=1S/C13H12F3N3/c1-19(9-10-4-7-17-8-5-10)12-11(13(14,15)16)3-2-6-18-12/h2-8H,9H2,1H3. The SMILES string of the molecule is CN(Cc1ccncc1)c1ncccc1C(F)(F)F. The summed E-state index contributed by atoms with van der Waals surface area (Å²) in [5.41, 5.74) is 0.142. The molecule has 0 fully saturated rings. The molecule has 0 aliphatic rings. The van der Waals surface area contributed by atoms with Crippen molar-refractivity contribution < 1.29 is 13.2 Å². The monoisotopic (exact) mass is 267 g/mol. The van der Waals surface area contributed by atoms with Gasteiger partial charge in [0, 0.05) is 32.2 Å². The van der Waals surface area contributed by atoms with Gasteiger partial charge in [-0.2, -0.15) is 13.2 Å². The third kappa shape index (κ3) is 3.21. The van der Waals surface area contributed by atoms with Crippen molar-refractivity contribution in [1.29, 1.82) is 0 Å². The highest BCUT2D eigenvalue weighted by molar-refractivity contribution is 5.48. The highest BCUT2D eigenvalue weighted by Crippen LogP contribution is 2.34. The fourth-order valence-corrected chi connectivity index (χ4v) is 1.76. The van der Waals surface area contributed by atoms with Crippen molar-refractivity contribution in [3.63, 3.8) is 0 Å². The Labute approximate surface area is 108 Å². The zero-order chi connectivity index (χ0) is 13.9. The predicted molar refractivity (Wildman–Crippen MR) is 65.6 cm³/mol. The lowest BCUT2D eigenvalue weighted by molar-refractivity contribution is -0.137. The van der Waals surface area contributed by atoms with Crippen LogP contribution in [0.4, 0.5) is 19.0 Å². The Morgan fingerprint density at radius 3 is 2.42 bits per heavy atom. The van der Waals surface area contributed by atoms with Crippen molar-refractivity contribution in [1.82, 2.24) is 9.97 Å². The first-order valence-corrected chi connectivity index (χ1v) is 5.61. The Bertz CT molecular complexity index is 540. The molecule has 0 aromatic carbocycles. The average molecular weight is 267 g/mol. The second kappa shape index (κ2) is 5.26. The van der Waals surface area contributed by atoms with Crippen LogP contribution in [0.3, 0.4) is 0 Å². The van der Waals surface area contributed by atoms with Gasteiger partial charge in [-0.1, -0.05) is 0 Å². The van der Waals surface area contributed by atoms with Crippen molar-refractivity contribution in [3.05, 3.63) is 54.0 Å². The van der Waals surface area contributed by atoms with E-state index in [-0.39, 0.29) is 5.82 Å². The van der Waals surface area contributed by atoms with Gasteiger partial charge in [-0.15, -0.1) is 0 Å². The third-order valence-corrected chi connectivity index (χ3v) is 2.62. The molecule has 0 saturated heterocycles. The molecule has 0 unspecified atom stereocenters. The van der Waals surface area contributed by atoms with Gasteiger partial charge in [0.15, 0.2) is 0 Å². The lowest BCUT2D eigenvalue weighted by Gasteiger charge is -2.22. The summed E-state index contributed by atoms with van der Waals surface area (Å²) >= 11 is 0. The number of alkyl halides is 3.